The molecule has 1 fully saturated rings. The molecule has 0 amide bonds. The van der Waals surface area contributed by atoms with E-state index in [1.54, 1.807) is 6.92 Å². The molecule has 3 heterocycles. The monoisotopic (exact) mass is 438 g/mol. The van der Waals surface area contributed by atoms with Gasteiger partial charge >= 0.3 is 12.3 Å². The molecule has 3 rings (SSSR count). The minimum Gasteiger partial charge on any atom is -0.414 e. The van der Waals surface area contributed by atoms with Gasteiger partial charge < -0.3 is 10.1 Å². The molecular formula is C18H20ClF5N4O. The number of halogens is 6. The van der Waals surface area contributed by atoms with E-state index in [1.165, 1.54) is 6.20 Å². The van der Waals surface area contributed by atoms with Crippen LogP contribution in [-0.2, 0) is 12.6 Å². The molecule has 0 spiro atoms. The molecule has 0 atom stereocenters. The van der Waals surface area contributed by atoms with Crippen LogP contribution >= 0.6 is 12.4 Å². The Labute approximate surface area is 170 Å². The second kappa shape index (κ2) is 9.17. The molecule has 1 aliphatic rings. The molecular weight excluding hydrogens is 419 g/mol. The first-order valence-electron chi connectivity index (χ1n) is 8.78. The highest BCUT2D eigenvalue weighted by molar-refractivity contribution is 5.85. The van der Waals surface area contributed by atoms with E-state index >= 15 is 0 Å². The SMILES string of the molecule is Cc1ncc(CC(F)(F)Oc2cccc(C(F)(F)F)n2)c(C2CCNCC2)n1.Cl. The van der Waals surface area contributed by atoms with E-state index < -0.39 is 30.3 Å². The van der Waals surface area contributed by atoms with Crippen molar-refractivity contribution < 1.29 is 26.7 Å². The molecule has 2 aromatic heterocycles. The third-order valence-corrected chi connectivity index (χ3v) is 4.41. The summed E-state index contributed by atoms with van der Waals surface area (Å²) in [7, 11) is 0. The number of nitrogens with zero attached hydrogens (tertiary/aromatic N) is 3. The molecule has 1 N–H and O–H groups in total. The van der Waals surface area contributed by atoms with E-state index in [2.05, 4.69) is 25.0 Å². The highest BCUT2D eigenvalue weighted by Gasteiger charge is 2.37. The number of hydrogen-bond donors (Lipinski definition) is 1. The number of rotatable bonds is 5. The minimum absolute atomic E-state index is 0. The number of nitrogens with one attached hydrogen (secondary N) is 1. The van der Waals surface area contributed by atoms with Crippen molar-refractivity contribution in [2.75, 3.05) is 13.1 Å². The average Bonchev–Trinajstić information content (AvgIpc) is 2.63. The molecule has 0 aliphatic carbocycles. The summed E-state index contributed by atoms with van der Waals surface area (Å²) in [6, 6.07) is 2.62. The van der Waals surface area contributed by atoms with Gasteiger partial charge in [-0.15, -0.1) is 12.4 Å². The van der Waals surface area contributed by atoms with E-state index in [4.69, 9.17) is 0 Å². The van der Waals surface area contributed by atoms with Crippen LogP contribution in [0.4, 0.5) is 22.0 Å². The maximum absolute atomic E-state index is 14.5. The van der Waals surface area contributed by atoms with Crippen LogP contribution in [0.15, 0.2) is 24.4 Å². The topological polar surface area (TPSA) is 59.9 Å². The third kappa shape index (κ3) is 6.20. The summed E-state index contributed by atoms with van der Waals surface area (Å²) in [6.07, 6.45) is -6.53. The second-order valence-corrected chi connectivity index (χ2v) is 6.63. The Bertz CT molecular complexity index is 828. The van der Waals surface area contributed by atoms with Crippen LogP contribution in [0.1, 0.15) is 41.5 Å². The van der Waals surface area contributed by atoms with Gasteiger partial charge in [0.1, 0.15) is 11.5 Å². The van der Waals surface area contributed by atoms with Gasteiger partial charge in [-0.2, -0.15) is 22.0 Å². The summed E-state index contributed by atoms with van der Waals surface area (Å²) in [5.41, 5.74) is -0.543. The number of alkyl halides is 5. The van der Waals surface area contributed by atoms with Gasteiger partial charge in [-0.25, -0.2) is 15.0 Å². The normalized spacial score (nSPS) is 15.7. The molecule has 29 heavy (non-hydrogen) atoms. The Kier molecular flexibility index (Phi) is 7.34. The van der Waals surface area contributed by atoms with Crippen LogP contribution in [0.3, 0.4) is 0 Å². The number of ether oxygens (including phenoxy) is 1. The summed E-state index contributed by atoms with van der Waals surface area (Å²) in [6.45, 7) is 3.19. The molecule has 0 unspecified atom stereocenters. The molecule has 11 heteroatoms. The molecule has 1 aliphatic heterocycles. The Morgan fingerprint density at radius 1 is 1.10 bits per heavy atom. The first kappa shape index (κ1) is 23.2. The highest BCUT2D eigenvalue weighted by Crippen LogP contribution is 2.33. The maximum atomic E-state index is 14.5. The van der Waals surface area contributed by atoms with Gasteiger partial charge in [-0.05, 0) is 38.9 Å². The van der Waals surface area contributed by atoms with Crippen molar-refractivity contribution in [3.63, 3.8) is 0 Å². The van der Waals surface area contributed by atoms with Gasteiger partial charge in [0.15, 0.2) is 0 Å². The molecule has 0 bridgehead atoms. The van der Waals surface area contributed by atoms with Crippen LogP contribution in [0.2, 0.25) is 0 Å². The first-order valence-corrected chi connectivity index (χ1v) is 8.78. The van der Waals surface area contributed by atoms with Gasteiger partial charge in [-0.3, -0.25) is 0 Å². The van der Waals surface area contributed by atoms with Crippen molar-refractivity contribution in [1.82, 2.24) is 20.3 Å². The Balaban J connectivity index is 0.00000300. The lowest BCUT2D eigenvalue weighted by molar-refractivity contribution is -0.178. The van der Waals surface area contributed by atoms with Gasteiger partial charge in [-0.1, -0.05) is 6.07 Å². The summed E-state index contributed by atoms with van der Waals surface area (Å²) in [4.78, 5) is 11.5. The zero-order valence-corrected chi connectivity index (χ0v) is 16.3. The number of aromatic nitrogens is 3. The van der Waals surface area contributed by atoms with E-state index in [0.717, 1.165) is 38.1 Å². The quantitative estimate of drug-likeness (QED) is 0.705. The maximum Gasteiger partial charge on any atom is 0.433 e. The molecule has 5 nitrogen and oxygen atoms in total. The molecule has 0 saturated carbocycles. The van der Waals surface area contributed by atoms with E-state index in [-0.39, 0.29) is 23.9 Å². The summed E-state index contributed by atoms with van der Waals surface area (Å²) in [5.74, 6) is -0.308. The zero-order chi connectivity index (χ0) is 20.4. The molecule has 1 saturated heterocycles. The fourth-order valence-corrected chi connectivity index (χ4v) is 3.14. The first-order chi connectivity index (χ1) is 13.1. The van der Waals surface area contributed by atoms with Crippen molar-refractivity contribution in [3.8, 4) is 5.88 Å². The van der Waals surface area contributed by atoms with Crippen LogP contribution in [0.5, 0.6) is 5.88 Å². The summed E-state index contributed by atoms with van der Waals surface area (Å²) >= 11 is 0. The number of pyridine rings is 1. The predicted molar refractivity (Wildman–Crippen MR) is 97.4 cm³/mol. The molecule has 2 aromatic rings. The zero-order valence-electron chi connectivity index (χ0n) is 15.5. The third-order valence-electron chi connectivity index (χ3n) is 4.41. The van der Waals surface area contributed by atoms with E-state index in [0.29, 0.717) is 17.6 Å². The summed E-state index contributed by atoms with van der Waals surface area (Å²) in [5, 5.41) is 3.20. The highest BCUT2D eigenvalue weighted by atomic mass is 35.5. The number of hydrogen-bond acceptors (Lipinski definition) is 5. The fourth-order valence-electron chi connectivity index (χ4n) is 3.14. The molecule has 0 aromatic carbocycles. The smallest absolute Gasteiger partial charge is 0.414 e. The van der Waals surface area contributed by atoms with Crippen molar-refractivity contribution in [2.24, 2.45) is 0 Å². The lowest BCUT2D eigenvalue weighted by Crippen LogP contribution is -2.31. The molecule has 0 radical (unpaired) electrons. The average molecular weight is 439 g/mol. The number of piperidine rings is 1. The van der Waals surface area contributed by atoms with E-state index in [9.17, 15) is 22.0 Å². The number of aryl methyl sites for hydroxylation is 1. The van der Waals surface area contributed by atoms with Crippen LogP contribution in [0, 0.1) is 6.92 Å². The lowest BCUT2D eigenvalue weighted by atomic mass is 9.90. The van der Waals surface area contributed by atoms with Crippen LogP contribution in [-0.4, -0.2) is 34.2 Å². The Morgan fingerprint density at radius 3 is 2.45 bits per heavy atom. The van der Waals surface area contributed by atoms with Crippen molar-refractivity contribution in [2.45, 2.75) is 44.4 Å². The second-order valence-electron chi connectivity index (χ2n) is 6.63. The largest absolute Gasteiger partial charge is 0.433 e. The Morgan fingerprint density at radius 2 is 1.79 bits per heavy atom. The van der Waals surface area contributed by atoms with Gasteiger partial charge in [0, 0.05) is 23.7 Å². The Hall–Kier alpha value is -2.07. The molecule has 160 valence electrons. The van der Waals surface area contributed by atoms with Gasteiger partial charge in [0.2, 0.25) is 5.88 Å². The predicted octanol–water partition coefficient (Wildman–Crippen LogP) is 4.30. The minimum atomic E-state index is -4.75. The fraction of sp³-hybridized carbons (Fsp3) is 0.500. The lowest BCUT2D eigenvalue weighted by Gasteiger charge is -2.25. The van der Waals surface area contributed by atoms with Crippen molar-refractivity contribution in [1.29, 1.82) is 0 Å². The van der Waals surface area contributed by atoms with Crippen LogP contribution in [0.25, 0.3) is 0 Å². The van der Waals surface area contributed by atoms with Crippen molar-refractivity contribution >= 4 is 12.4 Å². The van der Waals surface area contributed by atoms with Gasteiger partial charge in [0.05, 0.1) is 12.1 Å². The van der Waals surface area contributed by atoms with Crippen molar-refractivity contribution in [3.05, 3.63) is 47.2 Å². The van der Waals surface area contributed by atoms with Crippen LogP contribution < -0.4 is 10.1 Å². The van der Waals surface area contributed by atoms with E-state index in [1.807, 2.05) is 0 Å². The van der Waals surface area contributed by atoms with Gasteiger partial charge in [0.25, 0.3) is 0 Å². The summed E-state index contributed by atoms with van der Waals surface area (Å²) < 4.78 is 71.6. The standard InChI is InChI=1S/C18H19F5N4O.ClH/c1-11-25-10-13(16(26-11)12-5-7-24-8-6-12)9-17(19,20)28-15-4-2-3-14(27-15)18(21,22)23;/h2-4,10,12,24H,5-9H2,1H3;1H.